The second-order valence-electron chi connectivity index (χ2n) is 5.61. The van der Waals surface area contributed by atoms with E-state index in [-0.39, 0.29) is 0 Å². The van der Waals surface area contributed by atoms with E-state index in [1.807, 2.05) is 0 Å². The molecule has 0 aliphatic carbocycles. The van der Waals surface area contributed by atoms with Crippen LogP contribution in [0.4, 0.5) is 5.69 Å². The Labute approximate surface area is 117 Å². The number of piperazine rings is 1. The first-order valence-electron chi connectivity index (χ1n) is 7.46. The summed E-state index contributed by atoms with van der Waals surface area (Å²) in [5.74, 6) is 0. The Morgan fingerprint density at radius 3 is 2.79 bits per heavy atom. The molecule has 0 saturated carbocycles. The van der Waals surface area contributed by atoms with Crippen molar-refractivity contribution in [1.29, 1.82) is 0 Å². The molecule has 1 aliphatic heterocycles. The minimum absolute atomic E-state index is 0.589. The van der Waals surface area contributed by atoms with E-state index in [4.69, 9.17) is 0 Å². The molecular weight excluding hydrogens is 234 g/mol. The van der Waals surface area contributed by atoms with Gasteiger partial charge in [-0.15, -0.1) is 0 Å². The summed E-state index contributed by atoms with van der Waals surface area (Å²) in [5.41, 5.74) is 2.83. The lowest BCUT2D eigenvalue weighted by atomic mass is 10.1. The predicted molar refractivity (Wildman–Crippen MR) is 82.7 cm³/mol. The zero-order chi connectivity index (χ0) is 13.7. The van der Waals surface area contributed by atoms with Gasteiger partial charge in [0.05, 0.1) is 0 Å². The molecule has 1 aromatic rings. The molecule has 1 fully saturated rings. The van der Waals surface area contributed by atoms with Crippen LogP contribution in [0.25, 0.3) is 0 Å². The number of rotatable bonds is 5. The van der Waals surface area contributed by atoms with Crippen molar-refractivity contribution < 1.29 is 0 Å². The van der Waals surface area contributed by atoms with Crippen molar-refractivity contribution >= 4 is 5.69 Å². The second kappa shape index (κ2) is 6.92. The van der Waals surface area contributed by atoms with Gasteiger partial charge in [-0.05, 0) is 38.6 Å². The number of nitrogens with zero attached hydrogens (tertiary/aromatic N) is 2. The van der Waals surface area contributed by atoms with Crippen LogP contribution in [-0.4, -0.2) is 44.2 Å². The molecule has 1 heterocycles. The van der Waals surface area contributed by atoms with Gasteiger partial charge in [-0.2, -0.15) is 0 Å². The van der Waals surface area contributed by atoms with E-state index in [1.54, 1.807) is 0 Å². The average Bonchev–Trinajstić information content (AvgIpc) is 2.40. The molecule has 1 N–H and O–H groups in total. The lowest BCUT2D eigenvalue weighted by Crippen LogP contribution is -2.50. The van der Waals surface area contributed by atoms with Crippen LogP contribution >= 0.6 is 0 Å². The van der Waals surface area contributed by atoms with Crippen LogP contribution in [0.1, 0.15) is 25.8 Å². The molecule has 3 nitrogen and oxygen atoms in total. The molecule has 3 heteroatoms. The Morgan fingerprint density at radius 2 is 2.05 bits per heavy atom. The average molecular weight is 261 g/mol. The van der Waals surface area contributed by atoms with Gasteiger partial charge < -0.3 is 15.1 Å². The van der Waals surface area contributed by atoms with E-state index in [0.717, 1.165) is 32.7 Å². The fourth-order valence-corrected chi connectivity index (χ4v) is 2.84. The van der Waals surface area contributed by atoms with Gasteiger partial charge in [0.1, 0.15) is 0 Å². The van der Waals surface area contributed by atoms with Gasteiger partial charge in [-0.25, -0.2) is 0 Å². The lowest BCUT2D eigenvalue weighted by molar-refractivity contribution is 0.275. The predicted octanol–water partition coefficient (Wildman–Crippen LogP) is 2.33. The molecule has 0 radical (unpaired) electrons. The molecule has 0 amide bonds. The van der Waals surface area contributed by atoms with Crippen molar-refractivity contribution in [2.45, 2.75) is 32.9 Å². The SMILES string of the molecule is CCCNCc1ccccc1N1CCN(C)CC1C. The first-order valence-corrected chi connectivity index (χ1v) is 7.46. The van der Waals surface area contributed by atoms with Crippen molar-refractivity contribution in [3.63, 3.8) is 0 Å². The monoisotopic (exact) mass is 261 g/mol. The molecule has 0 aromatic heterocycles. The molecule has 1 unspecified atom stereocenters. The fraction of sp³-hybridized carbons (Fsp3) is 0.625. The standard InChI is InChI=1S/C16H27N3/c1-4-9-17-12-15-7-5-6-8-16(15)19-11-10-18(3)13-14(19)2/h5-8,14,17H,4,9-13H2,1-3H3. The zero-order valence-corrected chi connectivity index (χ0v) is 12.5. The topological polar surface area (TPSA) is 18.5 Å². The van der Waals surface area contributed by atoms with Crippen LogP contribution in [0.2, 0.25) is 0 Å². The summed E-state index contributed by atoms with van der Waals surface area (Å²) in [6.45, 7) is 10.0. The number of para-hydroxylation sites is 1. The van der Waals surface area contributed by atoms with Crippen LogP contribution in [0.3, 0.4) is 0 Å². The summed E-state index contributed by atoms with van der Waals surface area (Å²) in [4.78, 5) is 4.97. The molecule has 1 saturated heterocycles. The first kappa shape index (κ1) is 14.4. The second-order valence-corrected chi connectivity index (χ2v) is 5.61. The maximum Gasteiger partial charge on any atom is 0.0415 e. The van der Waals surface area contributed by atoms with Gasteiger partial charge in [0.2, 0.25) is 0 Å². The van der Waals surface area contributed by atoms with Gasteiger partial charge >= 0.3 is 0 Å². The maximum absolute atomic E-state index is 3.52. The van der Waals surface area contributed by atoms with E-state index in [2.05, 4.69) is 60.3 Å². The summed E-state index contributed by atoms with van der Waals surface area (Å²) in [5, 5.41) is 3.52. The van der Waals surface area contributed by atoms with Crippen LogP contribution in [0.5, 0.6) is 0 Å². The van der Waals surface area contributed by atoms with E-state index in [9.17, 15) is 0 Å². The van der Waals surface area contributed by atoms with E-state index in [0.29, 0.717) is 6.04 Å². The van der Waals surface area contributed by atoms with E-state index < -0.39 is 0 Å². The first-order chi connectivity index (χ1) is 9.22. The van der Waals surface area contributed by atoms with Crippen LogP contribution in [0, 0.1) is 0 Å². The highest BCUT2D eigenvalue weighted by Crippen LogP contribution is 2.24. The Kier molecular flexibility index (Phi) is 5.23. The molecule has 106 valence electrons. The molecule has 0 spiro atoms. The van der Waals surface area contributed by atoms with Gasteiger partial charge in [-0.1, -0.05) is 25.1 Å². The molecule has 1 aromatic carbocycles. The van der Waals surface area contributed by atoms with Crippen LogP contribution in [-0.2, 0) is 6.54 Å². The Morgan fingerprint density at radius 1 is 1.26 bits per heavy atom. The number of hydrogen-bond donors (Lipinski definition) is 1. The smallest absolute Gasteiger partial charge is 0.0415 e. The van der Waals surface area contributed by atoms with Crippen LogP contribution < -0.4 is 10.2 Å². The highest BCUT2D eigenvalue weighted by atomic mass is 15.3. The normalized spacial score (nSPS) is 20.8. The number of benzene rings is 1. The molecule has 2 rings (SSSR count). The van der Waals surface area contributed by atoms with Crippen molar-refractivity contribution in [3.8, 4) is 0 Å². The summed E-state index contributed by atoms with van der Waals surface area (Å²) < 4.78 is 0. The minimum atomic E-state index is 0.589. The van der Waals surface area contributed by atoms with E-state index >= 15 is 0 Å². The third-order valence-corrected chi connectivity index (χ3v) is 3.87. The maximum atomic E-state index is 3.52. The highest BCUT2D eigenvalue weighted by molar-refractivity contribution is 5.54. The summed E-state index contributed by atoms with van der Waals surface area (Å²) in [7, 11) is 2.21. The number of nitrogens with one attached hydrogen (secondary N) is 1. The quantitative estimate of drug-likeness (QED) is 0.821. The Balaban J connectivity index is 2.10. The zero-order valence-electron chi connectivity index (χ0n) is 12.5. The van der Waals surface area contributed by atoms with Crippen molar-refractivity contribution in [1.82, 2.24) is 10.2 Å². The number of likely N-dealkylation sites (N-methyl/N-ethyl adjacent to an activating group) is 1. The molecule has 0 bridgehead atoms. The van der Waals surface area contributed by atoms with Crippen molar-refractivity contribution in [2.75, 3.05) is 38.1 Å². The lowest BCUT2D eigenvalue weighted by Gasteiger charge is -2.40. The number of hydrogen-bond acceptors (Lipinski definition) is 3. The van der Waals surface area contributed by atoms with Gasteiger partial charge in [0.25, 0.3) is 0 Å². The Hall–Kier alpha value is -1.06. The van der Waals surface area contributed by atoms with Crippen molar-refractivity contribution in [3.05, 3.63) is 29.8 Å². The van der Waals surface area contributed by atoms with Gasteiger partial charge in [0.15, 0.2) is 0 Å². The molecule has 1 atom stereocenters. The summed E-state index contributed by atoms with van der Waals surface area (Å²) in [6, 6.07) is 9.41. The molecule has 19 heavy (non-hydrogen) atoms. The largest absolute Gasteiger partial charge is 0.366 e. The molecule has 1 aliphatic rings. The third kappa shape index (κ3) is 3.71. The third-order valence-electron chi connectivity index (χ3n) is 3.87. The van der Waals surface area contributed by atoms with Gasteiger partial charge in [0, 0.05) is 37.9 Å². The molecular formula is C16H27N3. The summed E-state index contributed by atoms with van der Waals surface area (Å²) >= 11 is 0. The highest BCUT2D eigenvalue weighted by Gasteiger charge is 2.22. The minimum Gasteiger partial charge on any atom is -0.366 e. The number of anilines is 1. The summed E-state index contributed by atoms with van der Waals surface area (Å²) in [6.07, 6.45) is 1.19. The van der Waals surface area contributed by atoms with E-state index in [1.165, 1.54) is 17.7 Å². The van der Waals surface area contributed by atoms with Crippen LogP contribution in [0.15, 0.2) is 24.3 Å². The van der Waals surface area contributed by atoms with Crippen molar-refractivity contribution in [2.24, 2.45) is 0 Å². The fourth-order valence-electron chi connectivity index (χ4n) is 2.84. The van der Waals surface area contributed by atoms with Gasteiger partial charge in [-0.3, -0.25) is 0 Å². The Bertz CT molecular complexity index is 391.